The van der Waals surface area contributed by atoms with Crippen LogP contribution in [0.4, 0.5) is 0 Å². The second-order valence-electron chi connectivity index (χ2n) is 16.6. The predicted molar refractivity (Wildman–Crippen MR) is 259 cm³/mol. The molecular weight excluding hydrogens is 817 g/mol. The SMILES string of the molecule is CC(C)P([c-]1[cH-][cH-][cH-][cH-]1)C(C)C.CCCC[c-]1c(C(C)(C)CCC2OCCCO2)cc(P(c2ccccc2)c2ccccc2)c1P(c1ccccc1)c1ccccc1.[Fe]. The van der Waals surface area contributed by atoms with E-state index < -0.39 is 15.8 Å². The third-order valence-electron chi connectivity index (χ3n) is 11.1. The molecule has 1 heterocycles. The molecule has 0 spiro atoms. The zero-order chi connectivity index (χ0) is 40.9. The fraction of sp³-hybridized carbons (Fsp3) is 0.358. The van der Waals surface area contributed by atoms with Crippen LogP contribution in [0.5, 0.6) is 0 Å². The van der Waals surface area contributed by atoms with E-state index in [1.165, 1.54) is 44.9 Å². The molecule has 59 heavy (non-hydrogen) atoms. The molecule has 6 heteroatoms. The molecule has 0 aromatic heterocycles. The van der Waals surface area contributed by atoms with Crippen molar-refractivity contribution in [2.75, 3.05) is 13.2 Å². The molecule has 0 amide bonds. The van der Waals surface area contributed by atoms with Crippen molar-refractivity contribution >= 4 is 60.9 Å². The van der Waals surface area contributed by atoms with Crippen LogP contribution in [0.3, 0.4) is 0 Å². The van der Waals surface area contributed by atoms with Crippen LogP contribution < -0.4 is 37.1 Å². The van der Waals surface area contributed by atoms with E-state index in [0.29, 0.717) is 0 Å². The Hall–Kier alpha value is -2.69. The maximum atomic E-state index is 6.03. The van der Waals surface area contributed by atoms with Crippen LogP contribution in [0, 0.1) is 0 Å². The van der Waals surface area contributed by atoms with Gasteiger partial charge >= 0.3 is 0 Å². The first-order valence-electron chi connectivity index (χ1n) is 21.6. The van der Waals surface area contributed by atoms with Gasteiger partial charge in [-0.15, -0.1) is 10.9 Å². The Morgan fingerprint density at radius 1 is 0.678 bits per heavy atom. The molecule has 318 valence electrons. The van der Waals surface area contributed by atoms with E-state index in [1.807, 2.05) is 0 Å². The fourth-order valence-corrected chi connectivity index (χ4v) is 16.8. The fourth-order valence-electron chi connectivity index (χ4n) is 8.39. The summed E-state index contributed by atoms with van der Waals surface area (Å²) in [5.41, 5.74) is 4.67. The van der Waals surface area contributed by atoms with Crippen LogP contribution in [0.1, 0.15) is 91.7 Å². The van der Waals surface area contributed by atoms with Gasteiger partial charge in [-0.2, -0.15) is 10.9 Å². The Morgan fingerprint density at radius 3 is 1.54 bits per heavy atom. The van der Waals surface area contributed by atoms with Gasteiger partial charge in [0.05, 0.1) is 13.2 Å². The van der Waals surface area contributed by atoms with Gasteiger partial charge in [-0.05, 0) is 53.8 Å². The second kappa shape index (κ2) is 23.5. The Balaban J connectivity index is 0.000000439. The molecule has 0 aliphatic carbocycles. The third kappa shape index (κ3) is 12.5. The third-order valence-corrected chi connectivity index (χ3v) is 19.5. The summed E-state index contributed by atoms with van der Waals surface area (Å²) in [6.07, 6.45) is 6.25. The van der Waals surface area contributed by atoms with Gasteiger partial charge in [0.25, 0.3) is 0 Å². The summed E-state index contributed by atoms with van der Waals surface area (Å²) >= 11 is 0. The molecule has 1 aliphatic rings. The average molecular weight is 883 g/mol. The van der Waals surface area contributed by atoms with E-state index in [-0.39, 0.29) is 36.7 Å². The number of rotatable bonds is 16. The van der Waals surface area contributed by atoms with Crippen molar-refractivity contribution in [3.63, 3.8) is 0 Å². The first-order chi connectivity index (χ1) is 28.2. The molecule has 1 saturated heterocycles. The standard InChI is InChI=1S/C42H47O2P2.C11H18P.Fe/c1-4-5-27-37-38(42(2,3)29-28-40-43-30-18-31-44-40)32-39(45(33-19-10-6-11-20-33)34-21-12-7-13-22-34)41(37)46(35-23-14-8-15-24-35)36-25-16-9-17-26-36;1-9(2)12(10(3)4)11-7-5-6-8-11;/h6-17,19-26,32,40H,4-5,18,27-31H2,1-3H3;5-10H,1-4H3;/q-1;-5;. The minimum atomic E-state index is -0.798. The minimum absolute atomic E-state index is 0. The van der Waals surface area contributed by atoms with E-state index in [4.69, 9.17) is 9.47 Å². The van der Waals surface area contributed by atoms with Gasteiger partial charge in [0.1, 0.15) is 0 Å². The Bertz CT molecular complexity index is 1950. The predicted octanol–water partition coefficient (Wildman–Crippen LogP) is 11.4. The molecule has 6 aromatic carbocycles. The monoisotopic (exact) mass is 882 g/mol. The Labute approximate surface area is 371 Å². The zero-order valence-electron chi connectivity index (χ0n) is 36.3. The minimum Gasteiger partial charge on any atom is -0.747 e. The largest absolute Gasteiger partial charge is 0.747 e. The molecule has 0 atom stereocenters. The van der Waals surface area contributed by atoms with E-state index in [2.05, 4.69) is 200 Å². The van der Waals surface area contributed by atoms with Gasteiger partial charge in [-0.1, -0.05) is 208 Å². The first kappa shape index (κ1) is 47.4. The Morgan fingerprint density at radius 2 is 1.12 bits per heavy atom. The van der Waals surface area contributed by atoms with Crippen molar-refractivity contribution in [1.29, 1.82) is 0 Å². The van der Waals surface area contributed by atoms with Gasteiger partial charge in [-0.25, -0.2) is 6.07 Å². The van der Waals surface area contributed by atoms with Crippen LogP contribution in [0.2, 0.25) is 0 Å². The maximum absolute atomic E-state index is 6.03. The first-order valence-corrected chi connectivity index (χ1v) is 25.7. The van der Waals surface area contributed by atoms with E-state index in [9.17, 15) is 0 Å². The number of hydrogen-bond donors (Lipinski definition) is 0. The van der Waals surface area contributed by atoms with Gasteiger partial charge in [-0.3, -0.25) is 0 Å². The maximum Gasteiger partial charge on any atom is 0.157 e. The van der Waals surface area contributed by atoms with E-state index >= 15 is 0 Å². The topological polar surface area (TPSA) is 18.5 Å². The van der Waals surface area contributed by atoms with Gasteiger partial charge < -0.3 is 47.0 Å². The molecule has 7 rings (SSSR count). The molecule has 1 aliphatic heterocycles. The number of unbranched alkanes of at least 4 members (excludes halogenated alkanes) is 1. The summed E-state index contributed by atoms with van der Waals surface area (Å²) in [4.78, 5) is 0. The van der Waals surface area contributed by atoms with Crippen molar-refractivity contribution in [2.45, 2.75) is 110 Å². The molecule has 0 radical (unpaired) electrons. The summed E-state index contributed by atoms with van der Waals surface area (Å²) in [7, 11) is -1.53. The van der Waals surface area contributed by atoms with Gasteiger partial charge in [0.2, 0.25) is 0 Å². The molecule has 0 saturated carbocycles. The van der Waals surface area contributed by atoms with E-state index in [0.717, 1.165) is 50.2 Å². The normalized spacial score (nSPS) is 13.6. The molecule has 0 bridgehead atoms. The summed E-state index contributed by atoms with van der Waals surface area (Å²) in [5, 5.41) is 10.3. The quantitative estimate of drug-likeness (QED) is 0.0548. The van der Waals surface area contributed by atoms with Crippen LogP contribution in [0.15, 0.2) is 152 Å². The van der Waals surface area contributed by atoms with E-state index in [1.54, 1.807) is 16.2 Å². The molecule has 6 aromatic rings. The van der Waals surface area contributed by atoms with Crippen molar-refractivity contribution in [2.24, 2.45) is 0 Å². The summed E-state index contributed by atoms with van der Waals surface area (Å²) in [5.74, 6) is 0. The molecule has 2 nitrogen and oxygen atoms in total. The molecule has 0 unspecified atom stereocenters. The second-order valence-corrected chi connectivity index (χ2v) is 24.3. The molecule has 1 fully saturated rings. The average Bonchev–Trinajstić information content (AvgIpc) is 3.91. The summed E-state index contributed by atoms with van der Waals surface area (Å²) in [6.45, 7) is 18.2. The van der Waals surface area contributed by atoms with Crippen molar-refractivity contribution in [3.05, 3.63) is 163 Å². The number of benzene rings is 4. The summed E-state index contributed by atoms with van der Waals surface area (Å²) in [6, 6.07) is 56.6. The zero-order valence-corrected chi connectivity index (χ0v) is 40.1. The molecular formula is C53H65FeO2P3-6. The van der Waals surface area contributed by atoms with Crippen LogP contribution in [0.25, 0.3) is 0 Å². The van der Waals surface area contributed by atoms with Crippen LogP contribution >= 0.6 is 23.8 Å². The van der Waals surface area contributed by atoms with Crippen molar-refractivity contribution in [3.8, 4) is 0 Å². The number of ether oxygens (including phenoxy) is 2. The van der Waals surface area contributed by atoms with Crippen LogP contribution in [-0.2, 0) is 38.4 Å². The summed E-state index contributed by atoms with van der Waals surface area (Å²) < 4.78 is 12.1. The van der Waals surface area contributed by atoms with Gasteiger partial charge in [0, 0.05) is 17.1 Å². The van der Waals surface area contributed by atoms with Crippen molar-refractivity contribution in [1.82, 2.24) is 0 Å². The van der Waals surface area contributed by atoms with Crippen molar-refractivity contribution < 1.29 is 26.5 Å². The van der Waals surface area contributed by atoms with Gasteiger partial charge in [0.15, 0.2) is 6.29 Å². The smallest absolute Gasteiger partial charge is 0.157 e. The van der Waals surface area contributed by atoms with Crippen LogP contribution in [-0.4, -0.2) is 30.8 Å². The molecule has 0 N–H and O–H groups in total. The Kier molecular flexibility index (Phi) is 18.9. The number of hydrogen-bond acceptors (Lipinski definition) is 2.